The van der Waals surface area contributed by atoms with E-state index in [4.69, 9.17) is 21.1 Å². The number of halogens is 2. The van der Waals surface area contributed by atoms with Crippen LogP contribution >= 0.6 is 27.5 Å². The molecule has 3 rings (SSSR count). The van der Waals surface area contributed by atoms with Crippen molar-refractivity contribution in [2.75, 3.05) is 18.5 Å². The quantitative estimate of drug-likeness (QED) is 0.821. The van der Waals surface area contributed by atoms with Gasteiger partial charge in [-0.3, -0.25) is 0 Å². The Bertz CT molecular complexity index is 652. The highest BCUT2D eigenvalue weighted by Crippen LogP contribution is 2.38. The molecule has 6 heteroatoms. The van der Waals surface area contributed by atoms with Gasteiger partial charge in [0.15, 0.2) is 11.5 Å². The highest BCUT2D eigenvalue weighted by molar-refractivity contribution is 9.10. The number of fused-ring (bicyclic) bond motifs is 1. The molecule has 0 bridgehead atoms. The van der Waals surface area contributed by atoms with Crippen LogP contribution in [0.1, 0.15) is 12.0 Å². The largest absolute Gasteiger partial charge is 0.490 e. The fraction of sp³-hybridized carbons (Fsp3) is 0.267. The lowest BCUT2D eigenvalue weighted by molar-refractivity contribution is 0.296. The van der Waals surface area contributed by atoms with Crippen LogP contribution in [-0.2, 0) is 6.54 Å². The first-order valence-corrected chi connectivity index (χ1v) is 7.83. The van der Waals surface area contributed by atoms with Gasteiger partial charge < -0.3 is 14.8 Å². The van der Waals surface area contributed by atoms with Crippen LogP contribution < -0.4 is 14.8 Å². The van der Waals surface area contributed by atoms with Crippen LogP contribution in [0.3, 0.4) is 0 Å². The van der Waals surface area contributed by atoms with E-state index < -0.39 is 0 Å². The minimum Gasteiger partial charge on any atom is -0.490 e. The maximum Gasteiger partial charge on any atom is 0.175 e. The summed E-state index contributed by atoms with van der Waals surface area (Å²) >= 11 is 9.41. The number of ether oxygens (including phenoxy) is 2. The number of anilines is 1. The second-order valence-electron chi connectivity index (χ2n) is 4.68. The number of pyridine rings is 1. The summed E-state index contributed by atoms with van der Waals surface area (Å²) in [5.74, 6) is 1.56. The fourth-order valence-corrected chi connectivity index (χ4v) is 2.88. The molecule has 1 aromatic heterocycles. The van der Waals surface area contributed by atoms with E-state index in [1.807, 2.05) is 18.2 Å². The third kappa shape index (κ3) is 3.60. The lowest BCUT2D eigenvalue weighted by Crippen LogP contribution is -2.01. The second-order valence-corrected chi connectivity index (χ2v) is 5.92. The number of aromatic nitrogens is 1. The maximum atomic E-state index is 5.87. The van der Waals surface area contributed by atoms with Crippen molar-refractivity contribution in [3.63, 3.8) is 0 Å². The molecule has 0 unspecified atom stereocenters. The lowest BCUT2D eigenvalue weighted by Gasteiger charge is -2.13. The summed E-state index contributed by atoms with van der Waals surface area (Å²) in [6, 6.07) is 7.70. The molecular formula is C15H14BrClN2O2. The van der Waals surface area contributed by atoms with Crippen molar-refractivity contribution in [1.82, 2.24) is 4.98 Å². The van der Waals surface area contributed by atoms with E-state index in [2.05, 4.69) is 26.2 Å². The Balaban J connectivity index is 1.77. The van der Waals surface area contributed by atoms with Gasteiger partial charge >= 0.3 is 0 Å². The molecule has 1 aromatic carbocycles. The van der Waals surface area contributed by atoms with Crippen molar-refractivity contribution in [3.05, 3.63) is 45.7 Å². The molecule has 0 aliphatic carbocycles. The molecule has 21 heavy (non-hydrogen) atoms. The van der Waals surface area contributed by atoms with Crippen LogP contribution in [0.15, 0.2) is 34.9 Å². The van der Waals surface area contributed by atoms with Gasteiger partial charge in [-0.1, -0.05) is 11.6 Å². The molecule has 2 heterocycles. The van der Waals surface area contributed by atoms with E-state index in [0.29, 0.717) is 24.9 Å². The predicted octanol–water partition coefficient (Wildman–Crippen LogP) is 4.27. The summed E-state index contributed by atoms with van der Waals surface area (Å²) in [6.07, 6.45) is 2.57. The maximum absolute atomic E-state index is 5.87. The molecule has 0 radical (unpaired) electrons. The van der Waals surface area contributed by atoms with Gasteiger partial charge in [-0.15, -0.1) is 0 Å². The SMILES string of the molecule is Clc1cc(NCc2cc(Br)c3c(c2)OCCCO3)ccn1. The number of rotatable bonds is 3. The van der Waals surface area contributed by atoms with E-state index >= 15 is 0 Å². The number of hydrogen-bond donors (Lipinski definition) is 1. The molecule has 0 saturated heterocycles. The van der Waals surface area contributed by atoms with E-state index in [0.717, 1.165) is 33.6 Å². The number of nitrogens with one attached hydrogen (secondary N) is 1. The summed E-state index contributed by atoms with van der Waals surface area (Å²) in [5, 5.41) is 3.78. The number of nitrogens with zero attached hydrogens (tertiary/aromatic N) is 1. The Morgan fingerprint density at radius 2 is 2.10 bits per heavy atom. The van der Waals surface area contributed by atoms with Gasteiger partial charge in [0, 0.05) is 24.8 Å². The summed E-state index contributed by atoms with van der Waals surface area (Å²) < 4.78 is 12.3. The van der Waals surface area contributed by atoms with Crippen molar-refractivity contribution < 1.29 is 9.47 Å². The van der Waals surface area contributed by atoms with Crippen LogP contribution in [0.2, 0.25) is 5.15 Å². The first-order chi connectivity index (χ1) is 10.2. The Hall–Kier alpha value is -1.46. The van der Waals surface area contributed by atoms with Crippen LogP contribution in [0.5, 0.6) is 11.5 Å². The molecule has 4 nitrogen and oxygen atoms in total. The Morgan fingerprint density at radius 3 is 2.95 bits per heavy atom. The van der Waals surface area contributed by atoms with E-state index in [1.54, 1.807) is 12.3 Å². The van der Waals surface area contributed by atoms with Gasteiger partial charge in [-0.05, 0) is 45.8 Å². The van der Waals surface area contributed by atoms with Gasteiger partial charge in [0.25, 0.3) is 0 Å². The highest BCUT2D eigenvalue weighted by Gasteiger charge is 2.15. The zero-order valence-electron chi connectivity index (χ0n) is 11.2. The van der Waals surface area contributed by atoms with Crippen LogP contribution in [0, 0.1) is 0 Å². The van der Waals surface area contributed by atoms with E-state index in [1.165, 1.54) is 0 Å². The molecule has 2 aromatic rings. The zero-order chi connectivity index (χ0) is 14.7. The normalized spacial score (nSPS) is 13.6. The molecule has 0 amide bonds. The van der Waals surface area contributed by atoms with Gasteiger partial charge in [-0.25, -0.2) is 4.98 Å². The topological polar surface area (TPSA) is 43.4 Å². The first kappa shape index (κ1) is 14.5. The van der Waals surface area contributed by atoms with Crippen LogP contribution in [0.4, 0.5) is 5.69 Å². The predicted molar refractivity (Wildman–Crippen MR) is 86.3 cm³/mol. The third-order valence-electron chi connectivity index (χ3n) is 3.09. The Kier molecular flexibility index (Phi) is 4.51. The molecule has 0 saturated carbocycles. The van der Waals surface area contributed by atoms with Crippen LogP contribution in [-0.4, -0.2) is 18.2 Å². The monoisotopic (exact) mass is 368 g/mol. The molecule has 1 N–H and O–H groups in total. The lowest BCUT2D eigenvalue weighted by atomic mass is 10.2. The van der Waals surface area contributed by atoms with E-state index in [-0.39, 0.29) is 0 Å². The van der Waals surface area contributed by atoms with Crippen LogP contribution in [0.25, 0.3) is 0 Å². The molecular weight excluding hydrogens is 356 g/mol. The molecule has 0 fully saturated rings. The average molecular weight is 370 g/mol. The minimum absolute atomic E-state index is 0.472. The van der Waals surface area contributed by atoms with Gasteiger partial charge in [-0.2, -0.15) is 0 Å². The van der Waals surface area contributed by atoms with Crippen molar-refractivity contribution in [2.45, 2.75) is 13.0 Å². The Morgan fingerprint density at radius 1 is 1.24 bits per heavy atom. The number of benzene rings is 1. The summed E-state index contributed by atoms with van der Waals surface area (Å²) in [7, 11) is 0. The Labute approximate surface area is 136 Å². The molecule has 110 valence electrons. The minimum atomic E-state index is 0.472. The van der Waals surface area contributed by atoms with Crippen molar-refractivity contribution in [1.29, 1.82) is 0 Å². The number of hydrogen-bond acceptors (Lipinski definition) is 4. The van der Waals surface area contributed by atoms with Crippen molar-refractivity contribution in [3.8, 4) is 11.5 Å². The summed E-state index contributed by atoms with van der Waals surface area (Å²) in [6.45, 7) is 2.02. The van der Waals surface area contributed by atoms with Crippen molar-refractivity contribution in [2.24, 2.45) is 0 Å². The first-order valence-electron chi connectivity index (χ1n) is 6.66. The zero-order valence-corrected chi connectivity index (χ0v) is 13.6. The summed E-state index contributed by atoms with van der Waals surface area (Å²) in [4.78, 5) is 3.96. The van der Waals surface area contributed by atoms with Gasteiger partial charge in [0.2, 0.25) is 0 Å². The standard InChI is InChI=1S/C15H14BrClN2O2/c16-12-6-10(7-13-15(12)21-5-1-4-20-13)9-19-11-2-3-18-14(17)8-11/h2-3,6-8H,1,4-5,9H2,(H,18,19). The summed E-state index contributed by atoms with van der Waals surface area (Å²) in [5.41, 5.74) is 2.03. The smallest absolute Gasteiger partial charge is 0.175 e. The fourth-order valence-electron chi connectivity index (χ4n) is 2.10. The van der Waals surface area contributed by atoms with Gasteiger partial charge in [0.05, 0.1) is 17.7 Å². The molecule has 1 aliphatic heterocycles. The molecule has 0 atom stereocenters. The van der Waals surface area contributed by atoms with Crippen molar-refractivity contribution >= 4 is 33.2 Å². The average Bonchev–Trinajstić information content (AvgIpc) is 2.71. The molecule has 1 aliphatic rings. The second kappa shape index (κ2) is 6.54. The highest BCUT2D eigenvalue weighted by atomic mass is 79.9. The van der Waals surface area contributed by atoms with Gasteiger partial charge in [0.1, 0.15) is 5.15 Å². The van der Waals surface area contributed by atoms with E-state index in [9.17, 15) is 0 Å². The third-order valence-corrected chi connectivity index (χ3v) is 3.88. The molecule has 0 spiro atoms.